The third kappa shape index (κ3) is 6.51. The first-order chi connectivity index (χ1) is 14.9. The van der Waals surface area contributed by atoms with Gasteiger partial charge in [-0.25, -0.2) is 4.39 Å². The molecule has 8 heteroatoms. The molecule has 3 aromatic carbocycles. The number of amides is 1. The van der Waals surface area contributed by atoms with Gasteiger partial charge in [-0.3, -0.25) is 4.79 Å². The van der Waals surface area contributed by atoms with Crippen LogP contribution in [0.5, 0.6) is 5.75 Å². The van der Waals surface area contributed by atoms with E-state index in [-0.39, 0.29) is 11.3 Å². The van der Waals surface area contributed by atoms with Crippen LogP contribution in [-0.2, 0) is 11.4 Å². The first-order valence-electron chi connectivity index (χ1n) is 8.91. The molecule has 1 amide bonds. The molecule has 0 atom stereocenters. The van der Waals surface area contributed by atoms with Crippen LogP contribution in [0.1, 0.15) is 11.1 Å². The minimum atomic E-state index is -0.683. The van der Waals surface area contributed by atoms with Gasteiger partial charge in [-0.2, -0.15) is 5.26 Å². The zero-order chi connectivity index (χ0) is 22.4. The van der Waals surface area contributed by atoms with Gasteiger partial charge in [-0.15, -0.1) is 0 Å². The van der Waals surface area contributed by atoms with E-state index in [0.717, 1.165) is 12.7 Å². The highest BCUT2D eigenvalue weighted by molar-refractivity contribution is 14.1. The second kappa shape index (κ2) is 11.1. The minimum absolute atomic E-state index is 0.0174. The molecule has 0 saturated heterocycles. The maximum Gasteiger partial charge on any atom is 0.266 e. The summed E-state index contributed by atoms with van der Waals surface area (Å²) in [4.78, 5) is 12.4. The smallest absolute Gasteiger partial charge is 0.266 e. The molecule has 156 valence electrons. The van der Waals surface area contributed by atoms with Crippen molar-refractivity contribution in [3.8, 4) is 11.8 Å². The Balaban J connectivity index is 1.78. The van der Waals surface area contributed by atoms with E-state index >= 15 is 0 Å². The van der Waals surface area contributed by atoms with E-state index < -0.39 is 11.7 Å². The second-order valence-electron chi connectivity index (χ2n) is 6.33. The Hall–Kier alpha value is -1.97. The fourth-order valence-electron chi connectivity index (χ4n) is 2.60. The minimum Gasteiger partial charge on any atom is -0.487 e. The number of rotatable bonds is 6. The van der Waals surface area contributed by atoms with Crippen molar-refractivity contribution in [2.24, 2.45) is 0 Å². The molecule has 0 aliphatic heterocycles. The van der Waals surface area contributed by atoms with Gasteiger partial charge in [0.15, 0.2) is 0 Å². The lowest BCUT2D eigenvalue weighted by atomic mass is 10.1. The number of benzene rings is 3. The zero-order valence-electron chi connectivity index (χ0n) is 15.8. The lowest BCUT2D eigenvalue weighted by Gasteiger charge is -2.12. The molecule has 0 saturated carbocycles. The number of para-hydroxylation sites is 1. The van der Waals surface area contributed by atoms with Gasteiger partial charge in [0.1, 0.15) is 29.8 Å². The number of halogens is 4. The molecule has 3 aromatic rings. The summed E-state index contributed by atoms with van der Waals surface area (Å²) in [5.41, 5.74) is 1.56. The van der Waals surface area contributed by atoms with Crippen LogP contribution in [0.4, 0.5) is 10.1 Å². The summed E-state index contributed by atoms with van der Waals surface area (Å²) < 4.78 is 22.4. The first-order valence-corrected chi connectivity index (χ1v) is 11.9. The summed E-state index contributed by atoms with van der Waals surface area (Å²) >= 11 is 7.89. The summed E-state index contributed by atoms with van der Waals surface area (Å²) in [5.74, 6) is -0.580. The Bertz CT molecular complexity index is 1170. The van der Waals surface area contributed by atoms with Gasteiger partial charge in [0.2, 0.25) is 0 Å². The number of hydrogen-bond acceptors (Lipinski definition) is 3. The molecule has 0 bridgehead atoms. The zero-order valence-corrected chi connectivity index (χ0v) is 21.7. The predicted octanol–water partition coefficient (Wildman–Crippen LogP) is 6.92. The second-order valence-corrected chi connectivity index (χ2v) is 9.59. The van der Waals surface area contributed by atoms with Gasteiger partial charge >= 0.3 is 0 Å². The van der Waals surface area contributed by atoms with Crippen molar-refractivity contribution in [1.82, 2.24) is 0 Å². The highest BCUT2D eigenvalue weighted by atomic mass is 127. The summed E-state index contributed by atoms with van der Waals surface area (Å²) in [7, 11) is 0. The third-order valence-corrected chi connectivity index (χ3v) is 6.22. The van der Waals surface area contributed by atoms with Crippen molar-refractivity contribution < 1.29 is 13.9 Å². The van der Waals surface area contributed by atoms with Crippen LogP contribution in [0.3, 0.4) is 0 Å². The Kier molecular flexibility index (Phi) is 8.45. The number of hydrogen-bond donors (Lipinski definition) is 1. The van der Waals surface area contributed by atoms with Crippen molar-refractivity contribution >= 4 is 78.8 Å². The largest absolute Gasteiger partial charge is 0.487 e. The molecular weight excluding hydrogens is 689 g/mol. The lowest BCUT2D eigenvalue weighted by molar-refractivity contribution is -0.112. The third-order valence-electron chi connectivity index (χ3n) is 4.12. The normalized spacial score (nSPS) is 11.0. The molecule has 0 aliphatic rings. The monoisotopic (exact) mass is 702 g/mol. The van der Waals surface area contributed by atoms with E-state index in [9.17, 15) is 14.4 Å². The van der Waals surface area contributed by atoms with Gasteiger partial charge in [0.05, 0.1) is 13.7 Å². The number of carbonyl (C=O) groups is 1. The Morgan fingerprint density at radius 3 is 2.52 bits per heavy atom. The quantitative estimate of drug-likeness (QED) is 0.172. The maximum atomic E-state index is 13.8. The molecule has 0 radical (unpaired) electrons. The molecule has 4 nitrogen and oxygen atoms in total. The van der Waals surface area contributed by atoms with E-state index in [0.29, 0.717) is 22.4 Å². The summed E-state index contributed by atoms with van der Waals surface area (Å²) in [6.45, 7) is 0.412. The lowest BCUT2D eigenvalue weighted by Crippen LogP contribution is -2.14. The predicted molar refractivity (Wildman–Crippen MR) is 139 cm³/mol. The molecule has 0 fully saturated rings. The van der Waals surface area contributed by atoms with Gasteiger partial charge < -0.3 is 10.1 Å². The Morgan fingerprint density at radius 2 is 1.87 bits per heavy atom. The van der Waals surface area contributed by atoms with Crippen LogP contribution in [0.25, 0.3) is 6.08 Å². The standard InChI is InChI=1S/C23H14BrFI2N2O2/c24-18-10-15(9-16(12-28)23(30)29-21-4-2-1-3-19(21)25)11-20(27)22(18)31-13-14-5-7-17(26)8-6-14/h1-11H,13H2,(H,29,30)/b16-9-. The molecule has 0 heterocycles. The van der Waals surface area contributed by atoms with E-state index in [4.69, 9.17) is 4.74 Å². The molecule has 0 aliphatic carbocycles. The molecule has 0 spiro atoms. The SMILES string of the molecule is N#C/C(=C/c1cc(Br)c(OCc2ccc(I)cc2)c(I)c1)C(=O)Nc1ccccc1F. The Labute approximate surface area is 214 Å². The molecular formula is C23H14BrFI2N2O2. The molecule has 0 aromatic heterocycles. The van der Waals surface area contributed by atoms with Crippen molar-refractivity contribution in [2.45, 2.75) is 6.61 Å². The van der Waals surface area contributed by atoms with E-state index in [1.807, 2.05) is 36.4 Å². The van der Waals surface area contributed by atoms with Crippen LogP contribution in [-0.4, -0.2) is 5.91 Å². The highest BCUT2D eigenvalue weighted by Gasteiger charge is 2.14. The maximum absolute atomic E-state index is 13.8. The van der Waals surface area contributed by atoms with E-state index in [2.05, 4.69) is 66.4 Å². The van der Waals surface area contributed by atoms with Gasteiger partial charge in [-0.05, 0) is 115 Å². The Morgan fingerprint density at radius 1 is 1.16 bits per heavy atom. The first kappa shape index (κ1) is 23.7. The number of nitriles is 1. The average Bonchev–Trinajstić information content (AvgIpc) is 2.74. The van der Waals surface area contributed by atoms with Crippen LogP contribution in [0.2, 0.25) is 0 Å². The summed E-state index contributed by atoms with van der Waals surface area (Å²) in [6, 6.07) is 19.3. The van der Waals surface area contributed by atoms with Crippen LogP contribution in [0.15, 0.2) is 70.7 Å². The van der Waals surface area contributed by atoms with Gasteiger partial charge in [0.25, 0.3) is 5.91 Å². The highest BCUT2D eigenvalue weighted by Crippen LogP contribution is 2.33. The van der Waals surface area contributed by atoms with Crippen molar-refractivity contribution in [2.75, 3.05) is 5.32 Å². The topological polar surface area (TPSA) is 62.1 Å². The van der Waals surface area contributed by atoms with E-state index in [1.165, 1.54) is 24.3 Å². The van der Waals surface area contributed by atoms with Crippen molar-refractivity contribution in [1.29, 1.82) is 5.26 Å². The van der Waals surface area contributed by atoms with Gasteiger partial charge in [0, 0.05) is 3.57 Å². The number of ether oxygens (including phenoxy) is 1. The molecule has 3 rings (SSSR count). The number of carbonyl (C=O) groups excluding carboxylic acids is 1. The number of anilines is 1. The number of nitrogens with zero attached hydrogens (tertiary/aromatic N) is 1. The van der Waals surface area contributed by atoms with Crippen molar-refractivity contribution in [3.05, 3.63) is 94.8 Å². The van der Waals surface area contributed by atoms with E-state index in [1.54, 1.807) is 12.1 Å². The van der Waals surface area contributed by atoms with Crippen molar-refractivity contribution in [3.63, 3.8) is 0 Å². The van der Waals surface area contributed by atoms with Crippen LogP contribution < -0.4 is 10.1 Å². The molecule has 31 heavy (non-hydrogen) atoms. The van der Waals surface area contributed by atoms with Crippen LogP contribution in [0, 0.1) is 24.3 Å². The average molecular weight is 703 g/mol. The molecule has 0 unspecified atom stereocenters. The fraction of sp³-hybridized carbons (Fsp3) is 0.0435. The molecule has 1 N–H and O–H groups in total. The summed E-state index contributed by atoms with van der Waals surface area (Å²) in [6.07, 6.45) is 1.45. The number of nitrogens with one attached hydrogen (secondary N) is 1. The summed E-state index contributed by atoms with van der Waals surface area (Å²) in [5, 5.41) is 11.8. The van der Waals surface area contributed by atoms with Gasteiger partial charge in [-0.1, -0.05) is 24.3 Å². The van der Waals surface area contributed by atoms with Crippen LogP contribution >= 0.6 is 61.1 Å². The fourth-order valence-corrected chi connectivity index (χ4v) is 4.73.